The van der Waals surface area contributed by atoms with E-state index in [9.17, 15) is 18.0 Å². The number of carboxylic acid groups (broad SMARTS) is 1. The quantitative estimate of drug-likeness (QED) is 0.775. The van der Waals surface area contributed by atoms with Gasteiger partial charge >= 0.3 is 12.1 Å². The average molecular weight is 433 g/mol. The van der Waals surface area contributed by atoms with Crippen LogP contribution in [0.4, 0.5) is 13.2 Å². The number of aromatic nitrogens is 2. The maximum Gasteiger partial charge on any atom is 0.490 e. The molecule has 2 heterocycles. The molecule has 7 nitrogen and oxygen atoms in total. The van der Waals surface area contributed by atoms with E-state index in [1.807, 2.05) is 35.0 Å². The number of hydrogen-bond donors (Lipinski definition) is 2. The van der Waals surface area contributed by atoms with Crippen molar-refractivity contribution in [3.63, 3.8) is 0 Å². The van der Waals surface area contributed by atoms with E-state index >= 15 is 0 Å². The van der Waals surface area contributed by atoms with Crippen LogP contribution in [0.1, 0.15) is 23.7 Å². The molecule has 0 radical (unpaired) electrons. The molecule has 1 aliphatic rings. The number of aliphatic carboxylic acids is 1. The number of nitrogens with zero attached hydrogens (tertiary/aromatic N) is 3. The Morgan fingerprint density at radius 3 is 2.45 bits per heavy atom. The molecule has 1 amide bonds. The van der Waals surface area contributed by atoms with Crippen LogP contribution in [0.2, 0.25) is 5.02 Å². The van der Waals surface area contributed by atoms with Gasteiger partial charge in [0.1, 0.15) is 0 Å². The minimum atomic E-state index is -5.08. The summed E-state index contributed by atoms with van der Waals surface area (Å²) in [5.41, 5.74) is 2.37. The molecular weight excluding hydrogens is 413 g/mol. The van der Waals surface area contributed by atoms with Crippen molar-refractivity contribution < 1.29 is 27.9 Å². The maximum absolute atomic E-state index is 11.7. The molecule has 0 bridgehead atoms. The van der Waals surface area contributed by atoms with Crippen LogP contribution >= 0.6 is 11.6 Å². The van der Waals surface area contributed by atoms with E-state index in [0.29, 0.717) is 6.42 Å². The van der Waals surface area contributed by atoms with Crippen LogP contribution < -0.4 is 5.32 Å². The lowest BCUT2D eigenvalue weighted by Gasteiger charge is -2.33. The van der Waals surface area contributed by atoms with Crippen molar-refractivity contribution in [2.24, 2.45) is 0 Å². The first-order chi connectivity index (χ1) is 13.6. The van der Waals surface area contributed by atoms with Gasteiger partial charge in [-0.15, -0.1) is 0 Å². The lowest BCUT2D eigenvalue weighted by atomic mass is 10.1. The van der Waals surface area contributed by atoms with E-state index in [2.05, 4.69) is 15.3 Å². The summed E-state index contributed by atoms with van der Waals surface area (Å²) >= 11 is 5.93. The smallest absolute Gasteiger partial charge is 0.475 e. The van der Waals surface area contributed by atoms with Crippen molar-refractivity contribution >= 4 is 23.5 Å². The van der Waals surface area contributed by atoms with E-state index in [4.69, 9.17) is 21.5 Å². The summed E-state index contributed by atoms with van der Waals surface area (Å²) in [4.78, 5) is 23.0. The monoisotopic (exact) mass is 432 g/mol. The van der Waals surface area contributed by atoms with Crippen molar-refractivity contribution in [1.82, 2.24) is 20.0 Å². The minimum absolute atomic E-state index is 0.0415. The fourth-order valence-electron chi connectivity index (χ4n) is 2.90. The van der Waals surface area contributed by atoms with Gasteiger partial charge in [0.25, 0.3) is 0 Å². The van der Waals surface area contributed by atoms with Crippen molar-refractivity contribution in [1.29, 1.82) is 0 Å². The largest absolute Gasteiger partial charge is 0.490 e. The molecule has 0 spiro atoms. The number of alkyl halides is 3. The Labute approximate surface area is 170 Å². The number of halogens is 4. The molecule has 1 atom stereocenters. The molecule has 1 aromatic heterocycles. The number of benzene rings is 1. The first-order valence-corrected chi connectivity index (χ1v) is 8.97. The summed E-state index contributed by atoms with van der Waals surface area (Å²) in [7, 11) is 1.67. The minimum Gasteiger partial charge on any atom is -0.475 e. The zero-order valence-corrected chi connectivity index (χ0v) is 16.2. The Morgan fingerprint density at radius 1 is 1.28 bits per heavy atom. The Kier molecular flexibility index (Phi) is 7.63. The summed E-state index contributed by atoms with van der Waals surface area (Å²) in [5, 5.41) is 14.9. The highest BCUT2D eigenvalue weighted by atomic mass is 35.5. The number of nitrogens with one attached hydrogen (secondary N) is 1. The predicted molar refractivity (Wildman–Crippen MR) is 99.2 cm³/mol. The van der Waals surface area contributed by atoms with E-state index in [1.54, 1.807) is 13.2 Å². The van der Waals surface area contributed by atoms with Crippen LogP contribution in [-0.4, -0.2) is 51.4 Å². The molecule has 29 heavy (non-hydrogen) atoms. The van der Waals surface area contributed by atoms with E-state index in [0.717, 1.165) is 30.4 Å². The van der Waals surface area contributed by atoms with Gasteiger partial charge < -0.3 is 10.4 Å². The molecule has 11 heteroatoms. The predicted octanol–water partition coefficient (Wildman–Crippen LogP) is 2.86. The summed E-state index contributed by atoms with van der Waals surface area (Å²) < 4.78 is 33.7. The fraction of sp³-hybridized carbons (Fsp3) is 0.389. The van der Waals surface area contributed by atoms with Crippen LogP contribution in [0.5, 0.6) is 0 Å². The Bertz CT molecular complexity index is 840. The zero-order chi connectivity index (χ0) is 21.6. The van der Waals surface area contributed by atoms with Crippen LogP contribution in [0.15, 0.2) is 36.5 Å². The SMILES string of the molecule is CNC(=O)CC1CN(Cc2ccc(Cl)cc2)Cc2ccnn21.O=C(O)C(F)(F)F. The van der Waals surface area contributed by atoms with E-state index < -0.39 is 12.1 Å². The van der Waals surface area contributed by atoms with Gasteiger partial charge in [-0.05, 0) is 23.8 Å². The second-order valence-corrected chi connectivity index (χ2v) is 6.83. The number of carbonyl (C=O) groups is 2. The molecule has 3 rings (SSSR count). The second kappa shape index (κ2) is 9.75. The molecule has 0 saturated carbocycles. The standard InChI is InChI=1S/C16H19ClN4O.C2HF3O2/c1-18-16(22)8-15-11-20(10-14-6-7-19-21(14)15)9-12-2-4-13(17)5-3-12;3-2(4,5)1(6)7/h2-7,15H,8-11H2,1H3,(H,18,22);(H,6,7). The third-order valence-corrected chi connectivity index (χ3v) is 4.47. The van der Waals surface area contributed by atoms with Gasteiger partial charge in [0.05, 0.1) is 18.2 Å². The Morgan fingerprint density at radius 2 is 1.90 bits per heavy atom. The molecular formula is C18H20ClF3N4O3. The molecule has 0 aliphatic carbocycles. The van der Waals surface area contributed by atoms with Crippen molar-refractivity contribution in [3.8, 4) is 0 Å². The van der Waals surface area contributed by atoms with Crippen molar-refractivity contribution in [2.75, 3.05) is 13.6 Å². The molecule has 2 aromatic rings. The lowest BCUT2D eigenvalue weighted by molar-refractivity contribution is -0.192. The Balaban J connectivity index is 0.000000370. The van der Waals surface area contributed by atoms with Crippen LogP contribution in [0.25, 0.3) is 0 Å². The lowest BCUT2D eigenvalue weighted by Crippen LogP contribution is -2.39. The van der Waals surface area contributed by atoms with Crippen LogP contribution in [-0.2, 0) is 22.7 Å². The van der Waals surface area contributed by atoms with Gasteiger partial charge in [0.15, 0.2) is 0 Å². The third-order valence-electron chi connectivity index (χ3n) is 4.21. The number of amides is 1. The number of carboxylic acids is 1. The first kappa shape index (κ1) is 22.7. The molecule has 1 aliphatic heterocycles. The van der Waals surface area contributed by atoms with Crippen LogP contribution in [0, 0.1) is 0 Å². The molecule has 2 N–H and O–H groups in total. The highest BCUT2D eigenvalue weighted by Crippen LogP contribution is 2.24. The fourth-order valence-corrected chi connectivity index (χ4v) is 3.03. The highest BCUT2D eigenvalue weighted by molar-refractivity contribution is 6.30. The topological polar surface area (TPSA) is 87.5 Å². The Hall–Kier alpha value is -2.59. The second-order valence-electron chi connectivity index (χ2n) is 6.40. The summed E-state index contributed by atoms with van der Waals surface area (Å²) in [6.45, 7) is 2.49. The summed E-state index contributed by atoms with van der Waals surface area (Å²) in [6, 6.07) is 10.0. The number of carbonyl (C=O) groups excluding carboxylic acids is 1. The zero-order valence-electron chi connectivity index (χ0n) is 15.5. The molecule has 0 fully saturated rings. The molecule has 1 aromatic carbocycles. The first-order valence-electron chi connectivity index (χ1n) is 8.60. The number of hydrogen-bond acceptors (Lipinski definition) is 4. The van der Waals surface area contributed by atoms with Crippen LogP contribution in [0.3, 0.4) is 0 Å². The van der Waals surface area contributed by atoms with E-state index in [-0.39, 0.29) is 11.9 Å². The van der Waals surface area contributed by atoms with Gasteiger partial charge in [-0.25, -0.2) is 4.79 Å². The van der Waals surface area contributed by atoms with Crippen molar-refractivity contribution in [2.45, 2.75) is 31.7 Å². The molecule has 0 saturated heterocycles. The highest BCUT2D eigenvalue weighted by Gasteiger charge is 2.38. The van der Waals surface area contributed by atoms with Gasteiger partial charge in [-0.2, -0.15) is 18.3 Å². The maximum atomic E-state index is 11.7. The van der Waals surface area contributed by atoms with Gasteiger partial charge in [-0.1, -0.05) is 23.7 Å². The van der Waals surface area contributed by atoms with Gasteiger partial charge in [-0.3, -0.25) is 14.4 Å². The van der Waals surface area contributed by atoms with Gasteiger partial charge in [0.2, 0.25) is 5.91 Å². The number of fused-ring (bicyclic) bond motifs is 1. The number of rotatable bonds is 4. The third kappa shape index (κ3) is 6.75. The van der Waals surface area contributed by atoms with Crippen molar-refractivity contribution in [3.05, 3.63) is 52.8 Å². The molecule has 1 unspecified atom stereocenters. The summed E-state index contributed by atoms with van der Waals surface area (Å²) in [6.07, 6.45) is -2.83. The molecule has 158 valence electrons. The van der Waals surface area contributed by atoms with Gasteiger partial charge in [0, 0.05) is 37.9 Å². The van der Waals surface area contributed by atoms with E-state index in [1.165, 1.54) is 5.56 Å². The average Bonchev–Trinajstić information content (AvgIpc) is 3.12. The summed E-state index contributed by atoms with van der Waals surface area (Å²) in [5.74, 6) is -2.72. The normalized spacial score (nSPS) is 16.4.